The van der Waals surface area contributed by atoms with Crippen LogP contribution in [0.4, 0.5) is 11.4 Å². The molecule has 2 atom stereocenters. The highest BCUT2D eigenvalue weighted by Crippen LogP contribution is 2.27. The van der Waals surface area contributed by atoms with Crippen LogP contribution in [0.2, 0.25) is 0 Å². The van der Waals surface area contributed by atoms with Crippen LogP contribution in [0, 0.1) is 23.0 Å². The molecule has 0 heterocycles. The number of hydrogen-bond acceptors (Lipinski definition) is 4. The molecule has 0 saturated heterocycles. The number of benzene rings is 1. The Balaban J connectivity index is 2.04. The summed E-state index contributed by atoms with van der Waals surface area (Å²) in [7, 11) is 0. The maximum absolute atomic E-state index is 10.7. The third-order valence-corrected chi connectivity index (χ3v) is 3.61. The first-order valence-electron chi connectivity index (χ1n) is 6.25. The van der Waals surface area contributed by atoms with Crippen LogP contribution in [-0.4, -0.2) is 22.7 Å². The standard InChI is InChI=1S/C13H18N2O3/c1-9-5-6-11(15(17)18)7-12(9)14-8-10-3-2-4-13(10)16/h5-7,10,13-14,16H,2-4,8H2,1H3. The van der Waals surface area contributed by atoms with Crippen molar-refractivity contribution in [2.45, 2.75) is 32.3 Å². The van der Waals surface area contributed by atoms with E-state index in [1.807, 2.05) is 6.92 Å². The summed E-state index contributed by atoms with van der Waals surface area (Å²) in [5, 5.41) is 23.7. The van der Waals surface area contributed by atoms with Crippen molar-refractivity contribution in [2.24, 2.45) is 5.92 Å². The van der Waals surface area contributed by atoms with Crippen LogP contribution in [-0.2, 0) is 0 Å². The maximum atomic E-state index is 10.7. The summed E-state index contributed by atoms with van der Waals surface area (Å²) in [5.41, 5.74) is 1.85. The molecule has 2 rings (SSSR count). The zero-order chi connectivity index (χ0) is 13.1. The SMILES string of the molecule is Cc1ccc([N+](=O)[O-])cc1NCC1CCCC1O. The fourth-order valence-electron chi connectivity index (χ4n) is 2.41. The molecule has 5 heteroatoms. The number of non-ortho nitro benzene ring substituents is 1. The number of nitrogens with zero attached hydrogens (tertiary/aromatic N) is 1. The number of aliphatic hydroxyl groups excluding tert-OH is 1. The van der Waals surface area contributed by atoms with E-state index in [-0.39, 0.29) is 17.7 Å². The van der Waals surface area contributed by atoms with Gasteiger partial charge in [0.05, 0.1) is 11.0 Å². The van der Waals surface area contributed by atoms with Crippen LogP contribution in [0.3, 0.4) is 0 Å². The molecule has 1 aliphatic rings. The van der Waals surface area contributed by atoms with E-state index in [1.165, 1.54) is 6.07 Å². The Morgan fingerprint density at radius 3 is 2.89 bits per heavy atom. The largest absolute Gasteiger partial charge is 0.393 e. The van der Waals surface area contributed by atoms with E-state index in [9.17, 15) is 15.2 Å². The molecule has 0 aromatic heterocycles. The molecule has 1 saturated carbocycles. The number of anilines is 1. The molecule has 0 aliphatic heterocycles. The molecule has 0 radical (unpaired) electrons. The summed E-state index contributed by atoms with van der Waals surface area (Å²) in [6.45, 7) is 2.58. The topological polar surface area (TPSA) is 75.4 Å². The van der Waals surface area contributed by atoms with Crippen LogP contribution >= 0.6 is 0 Å². The number of nitrogens with one attached hydrogen (secondary N) is 1. The fourth-order valence-corrected chi connectivity index (χ4v) is 2.41. The smallest absolute Gasteiger partial charge is 0.271 e. The van der Waals surface area contributed by atoms with Gasteiger partial charge in [0, 0.05) is 30.3 Å². The molecule has 1 aliphatic carbocycles. The van der Waals surface area contributed by atoms with Gasteiger partial charge >= 0.3 is 0 Å². The Labute approximate surface area is 106 Å². The average Bonchev–Trinajstić information content (AvgIpc) is 2.73. The van der Waals surface area contributed by atoms with Crippen LogP contribution < -0.4 is 5.32 Å². The number of rotatable bonds is 4. The van der Waals surface area contributed by atoms with E-state index in [2.05, 4.69) is 5.32 Å². The average molecular weight is 250 g/mol. The Hall–Kier alpha value is -1.62. The fraction of sp³-hybridized carbons (Fsp3) is 0.538. The molecule has 0 spiro atoms. The molecule has 2 N–H and O–H groups in total. The molecule has 0 bridgehead atoms. The molecule has 5 nitrogen and oxygen atoms in total. The third-order valence-electron chi connectivity index (χ3n) is 3.61. The lowest BCUT2D eigenvalue weighted by Crippen LogP contribution is -2.22. The van der Waals surface area contributed by atoms with Gasteiger partial charge in [0.25, 0.3) is 5.69 Å². The Morgan fingerprint density at radius 2 is 2.28 bits per heavy atom. The zero-order valence-electron chi connectivity index (χ0n) is 10.4. The van der Waals surface area contributed by atoms with E-state index >= 15 is 0 Å². The van der Waals surface area contributed by atoms with Gasteiger partial charge in [-0.05, 0) is 25.3 Å². The van der Waals surface area contributed by atoms with Crippen LogP contribution in [0.5, 0.6) is 0 Å². The molecule has 98 valence electrons. The summed E-state index contributed by atoms with van der Waals surface area (Å²) in [6, 6.07) is 4.80. The second-order valence-electron chi connectivity index (χ2n) is 4.90. The summed E-state index contributed by atoms with van der Waals surface area (Å²) < 4.78 is 0. The summed E-state index contributed by atoms with van der Waals surface area (Å²) >= 11 is 0. The summed E-state index contributed by atoms with van der Waals surface area (Å²) in [5.74, 6) is 0.253. The number of nitro benzene ring substituents is 1. The van der Waals surface area contributed by atoms with Crippen molar-refractivity contribution < 1.29 is 10.0 Å². The minimum absolute atomic E-state index is 0.0927. The van der Waals surface area contributed by atoms with Gasteiger partial charge in [0.1, 0.15) is 0 Å². The van der Waals surface area contributed by atoms with Crippen LogP contribution in [0.25, 0.3) is 0 Å². The minimum Gasteiger partial charge on any atom is -0.393 e. The van der Waals surface area contributed by atoms with Gasteiger partial charge in [0.15, 0.2) is 0 Å². The van der Waals surface area contributed by atoms with Crippen LogP contribution in [0.15, 0.2) is 18.2 Å². The predicted octanol–water partition coefficient (Wildman–Crippen LogP) is 2.48. The zero-order valence-corrected chi connectivity index (χ0v) is 10.4. The first-order chi connectivity index (χ1) is 8.58. The second-order valence-corrected chi connectivity index (χ2v) is 4.90. The number of aliphatic hydroxyl groups is 1. The molecule has 1 aromatic carbocycles. The van der Waals surface area contributed by atoms with Crippen molar-refractivity contribution >= 4 is 11.4 Å². The lowest BCUT2D eigenvalue weighted by Gasteiger charge is -2.17. The van der Waals surface area contributed by atoms with Gasteiger partial charge in [-0.3, -0.25) is 10.1 Å². The molecular weight excluding hydrogens is 232 g/mol. The molecule has 2 unspecified atom stereocenters. The normalized spacial score (nSPS) is 23.0. The first-order valence-corrected chi connectivity index (χ1v) is 6.25. The molecule has 0 amide bonds. The van der Waals surface area contributed by atoms with Crippen molar-refractivity contribution in [3.05, 3.63) is 33.9 Å². The van der Waals surface area contributed by atoms with E-state index in [1.54, 1.807) is 12.1 Å². The van der Waals surface area contributed by atoms with Gasteiger partial charge in [-0.15, -0.1) is 0 Å². The van der Waals surface area contributed by atoms with Gasteiger partial charge < -0.3 is 10.4 Å². The van der Waals surface area contributed by atoms with Crippen molar-refractivity contribution in [2.75, 3.05) is 11.9 Å². The molecule has 1 aromatic rings. The van der Waals surface area contributed by atoms with E-state index in [0.717, 1.165) is 30.5 Å². The van der Waals surface area contributed by atoms with Gasteiger partial charge in [0.2, 0.25) is 0 Å². The number of aryl methyl sites for hydroxylation is 1. The van der Waals surface area contributed by atoms with E-state index in [4.69, 9.17) is 0 Å². The van der Waals surface area contributed by atoms with Crippen molar-refractivity contribution in [1.29, 1.82) is 0 Å². The third kappa shape index (κ3) is 2.79. The van der Waals surface area contributed by atoms with E-state index < -0.39 is 4.92 Å². The quantitative estimate of drug-likeness (QED) is 0.636. The molecular formula is C13H18N2O3. The van der Waals surface area contributed by atoms with Crippen molar-refractivity contribution in [3.63, 3.8) is 0 Å². The first kappa shape index (κ1) is 12.8. The summed E-state index contributed by atoms with van der Waals surface area (Å²) in [6.07, 6.45) is 2.70. The Morgan fingerprint density at radius 1 is 1.50 bits per heavy atom. The van der Waals surface area contributed by atoms with Gasteiger partial charge in [-0.2, -0.15) is 0 Å². The van der Waals surface area contributed by atoms with Gasteiger partial charge in [-0.1, -0.05) is 12.5 Å². The van der Waals surface area contributed by atoms with Gasteiger partial charge in [-0.25, -0.2) is 0 Å². The highest BCUT2D eigenvalue weighted by atomic mass is 16.6. The monoisotopic (exact) mass is 250 g/mol. The minimum atomic E-state index is -0.394. The van der Waals surface area contributed by atoms with E-state index in [0.29, 0.717) is 6.54 Å². The highest BCUT2D eigenvalue weighted by molar-refractivity contribution is 5.56. The number of nitro groups is 1. The predicted molar refractivity (Wildman–Crippen MR) is 69.7 cm³/mol. The second kappa shape index (κ2) is 5.35. The molecule has 1 fully saturated rings. The Kier molecular flexibility index (Phi) is 3.81. The highest BCUT2D eigenvalue weighted by Gasteiger charge is 2.24. The molecule has 18 heavy (non-hydrogen) atoms. The number of hydrogen-bond donors (Lipinski definition) is 2. The maximum Gasteiger partial charge on any atom is 0.271 e. The van der Waals surface area contributed by atoms with Crippen LogP contribution in [0.1, 0.15) is 24.8 Å². The lowest BCUT2D eigenvalue weighted by atomic mass is 10.1. The van der Waals surface area contributed by atoms with Crippen molar-refractivity contribution in [3.8, 4) is 0 Å². The van der Waals surface area contributed by atoms with Crippen molar-refractivity contribution in [1.82, 2.24) is 0 Å². The lowest BCUT2D eigenvalue weighted by molar-refractivity contribution is -0.384. The summed E-state index contributed by atoms with van der Waals surface area (Å²) in [4.78, 5) is 10.3. The Bertz CT molecular complexity index is 448.